The second kappa shape index (κ2) is 6.85. The second-order valence-electron chi connectivity index (χ2n) is 4.91. The molecule has 3 aromatic heterocycles. The molecule has 1 amide bonds. The highest BCUT2D eigenvalue weighted by Gasteiger charge is 2.13. The van der Waals surface area contributed by atoms with Gasteiger partial charge in [-0.3, -0.25) is 4.79 Å². The molecule has 0 aliphatic rings. The molecule has 5 nitrogen and oxygen atoms in total. The molecule has 0 unspecified atom stereocenters. The van der Waals surface area contributed by atoms with Crippen LogP contribution in [-0.2, 0) is 17.8 Å². The van der Waals surface area contributed by atoms with E-state index in [0.717, 1.165) is 11.1 Å². The first-order valence-corrected chi connectivity index (χ1v) is 8.71. The van der Waals surface area contributed by atoms with Crippen molar-refractivity contribution in [2.24, 2.45) is 0 Å². The summed E-state index contributed by atoms with van der Waals surface area (Å²) in [7, 11) is 1.81. The number of rotatable bonds is 6. The van der Waals surface area contributed by atoms with Gasteiger partial charge < -0.3 is 9.42 Å². The first-order chi connectivity index (χ1) is 10.7. The summed E-state index contributed by atoms with van der Waals surface area (Å²) in [5, 5.41) is 11.9. The quantitative estimate of drug-likeness (QED) is 0.693. The van der Waals surface area contributed by atoms with Crippen LogP contribution in [-0.4, -0.2) is 28.0 Å². The van der Waals surface area contributed by atoms with Gasteiger partial charge in [0.1, 0.15) is 0 Å². The number of carbonyl (C=O) groups is 1. The molecule has 22 heavy (non-hydrogen) atoms. The zero-order valence-electron chi connectivity index (χ0n) is 12.1. The van der Waals surface area contributed by atoms with Gasteiger partial charge in [0, 0.05) is 37.4 Å². The summed E-state index contributed by atoms with van der Waals surface area (Å²) in [6.45, 7) is 0.631. The number of carbonyl (C=O) groups excluding carboxylic acids is 1. The number of nitrogens with zero attached hydrogens (tertiary/aromatic N) is 3. The van der Waals surface area contributed by atoms with Crippen LogP contribution in [0.5, 0.6) is 0 Å². The highest BCUT2D eigenvalue weighted by atomic mass is 32.1. The minimum absolute atomic E-state index is 0.0708. The maximum atomic E-state index is 12.1. The number of amides is 1. The molecule has 3 heterocycles. The highest BCUT2D eigenvalue weighted by Crippen LogP contribution is 2.19. The minimum atomic E-state index is 0.0708. The smallest absolute Gasteiger partial charge is 0.227 e. The monoisotopic (exact) mass is 333 g/mol. The molecule has 0 radical (unpaired) electrons. The number of hydrogen-bond donors (Lipinski definition) is 0. The van der Waals surface area contributed by atoms with Crippen LogP contribution in [0, 0.1) is 0 Å². The first kappa shape index (κ1) is 14.9. The molecule has 0 saturated heterocycles. The Morgan fingerprint density at radius 3 is 2.82 bits per heavy atom. The van der Waals surface area contributed by atoms with Crippen LogP contribution in [0.3, 0.4) is 0 Å². The Bertz CT molecular complexity index is 720. The Morgan fingerprint density at radius 1 is 1.27 bits per heavy atom. The van der Waals surface area contributed by atoms with Gasteiger partial charge >= 0.3 is 0 Å². The number of aromatic nitrogens is 2. The van der Waals surface area contributed by atoms with Crippen LogP contribution >= 0.6 is 22.7 Å². The van der Waals surface area contributed by atoms with Crippen molar-refractivity contribution in [1.82, 2.24) is 15.0 Å². The van der Waals surface area contributed by atoms with Crippen LogP contribution in [0.15, 0.2) is 38.2 Å². The summed E-state index contributed by atoms with van der Waals surface area (Å²) >= 11 is 3.22. The number of aryl methyl sites for hydroxylation is 1. The van der Waals surface area contributed by atoms with E-state index >= 15 is 0 Å². The van der Waals surface area contributed by atoms with E-state index < -0.39 is 0 Å². The Morgan fingerprint density at radius 2 is 2.09 bits per heavy atom. The Balaban J connectivity index is 1.52. The Kier molecular flexibility index (Phi) is 4.65. The Labute approximate surface area is 136 Å². The summed E-state index contributed by atoms with van der Waals surface area (Å²) < 4.78 is 5.20. The molecule has 0 saturated carbocycles. The van der Waals surface area contributed by atoms with Crippen molar-refractivity contribution < 1.29 is 9.32 Å². The molecule has 0 atom stereocenters. The van der Waals surface area contributed by atoms with Crippen molar-refractivity contribution in [2.45, 2.75) is 19.4 Å². The van der Waals surface area contributed by atoms with Crippen molar-refractivity contribution >= 4 is 28.6 Å². The van der Waals surface area contributed by atoms with Gasteiger partial charge in [-0.15, -0.1) is 0 Å². The molecule has 114 valence electrons. The van der Waals surface area contributed by atoms with Crippen molar-refractivity contribution in [3.63, 3.8) is 0 Å². The lowest BCUT2D eigenvalue weighted by molar-refractivity contribution is -0.130. The molecular formula is C15H15N3O2S2. The average Bonchev–Trinajstić information content (AvgIpc) is 3.25. The lowest BCUT2D eigenvalue weighted by Crippen LogP contribution is -2.26. The van der Waals surface area contributed by atoms with Crippen molar-refractivity contribution in [3.8, 4) is 11.4 Å². The number of thiophene rings is 2. The fraction of sp³-hybridized carbons (Fsp3) is 0.267. The molecular weight excluding hydrogens is 318 g/mol. The van der Waals surface area contributed by atoms with Gasteiger partial charge in [0.05, 0.1) is 0 Å². The maximum absolute atomic E-state index is 12.1. The molecule has 0 aliphatic carbocycles. The predicted octanol–water partition coefficient (Wildman–Crippen LogP) is 3.45. The molecule has 0 fully saturated rings. The van der Waals surface area contributed by atoms with E-state index in [9.17, 15) is 4.79 Å². The Hall–Kier alpha value is -1.99. The lowest BCUT2D eigenvalue weighted by atomic mass is 10.2. The normalized spacial score (nSPS) is 10.8. The molecule has 0 N–H and O–H groups in total. The SMILES string of the molecule is CN(Cc1ccsc1)C(=O)CCc1nc(-c2ccsc2)no1. The number of hydrogen-bond acceptors (Lipinski definition) is 6. The zero-order valence-corrected chi connectivity index (χ0v) is 13.7. The molecule has 3 aromatic rings. The molecule has 7 heteroatoms. The van der Waals surface area contributed by atoms with Gasteiger partial charge in [0.25, 0.3) is 0 Å². The lowest BCUT2D eigenvalue weighted by Gasteiger charge is -2.15. The fourth-order valence-corrected chi connectivity index (χ4v) is 3.31. The second-order valence-corrected chi connectivity index (χ2v) is 6.47. The van der Waals surface area contributed by atoms with Crippen LogP contribution < -0.4 is 0 Å². The summed E-state index contributed by atoms with van der Waals surface area (Å²) in [5.74, 6) is 1.15. The predicted molar refractivity (Wildman–Crippen MR) is 86.7 cm³/mol. The summed E-state index contributed by atoms with van der Waals surface area (Å²) in [6, 6.07) is 3.97. The van der Waals surface area contributed by atoms with Crippen LogP contribution in [0.4, 0.5) is 0 Å². The standard InChI is InChI=1S/C15H15N3O2S2/c1-18(8-11-4-6-21-9-11)14(19)3-2-13-16-15(17-20-13)12-5-7-22-10-12/h4-7,9-10H,2-3,8H2,1H3. The first-order valence-electron chi connectivity index (χ1n) is 6.82. The largest absolute Gasteiger partial charge is 0.341 e. The van der Waals surface area contributed by atoms with Gasteiger partial charge in [0.15, 0.2) is 0 Å². The summed E-state index contributed by atoms with van der Waals surface area (Å²) in [4.78, 5) is 18.2. The summed E-state index contributed by atoms with van der Waals surface area (Å²) in [5.41, 5.74) is 2.10. The molecule has 0 aromatic carbocycles. The van der Waals surface area contributed by atoms with Gasteiger partial charge in [-0.05, 0) is 33.8 Å². The zero-order chi connectivity index (χ0) is 15.4. The van der Waals surface area contributed by atoms with Crippen molar-refractivity contribution in [2.75, 3.05) is 7.05 Å². The van der Waals surface area contributed by atoms with Crippen LogP contribution in [0.25, 0.3) is 11.4 Å². The van der Waals surface area contributed by atoms with Crippen molar-refractivity contribution in [1.29, 1.82) is 0 Å². The van der Waals surface area contributed by atoms with E-state index in [-0.39, 0.29) is 5.91 Å². The molecule has 3 rings (SSSR count). The van der Waals surface area contributed by atoms with E-state index in [1.54, 1.807) is 27.6 Å². The van der Waals surface area contributed by atoms with Gasteiger partial charge in [0.2, 0.25) is 17.6 Å². The molecule has 0 bridgehead atoms. The fourth-order valence-electron chi connectivity index (χ4n) is 2.01. The van der Waals surface area contributed by atoms with E-state index in [0.29, 0.717) is 31.1 Å². The topological polar surface area (TPSA) is 59.2 Å². The van der Waals surface area contributed by atoms with Gasteiger partial charge in [-0.25, -0.2) is 0 Å². The van der Waals surface area contributed by atoms with E-state index in [4.69, 9.17) is 4.52 Å². The van der Waals surface area contributed by atoms with Crippen LogP contribution in [0.2, 0.25) is 0 Å². The van der Waals surface area contributed by atoms with E-state index in [1.807, 2.05) is 35.3 Å². The van der Waals surface area contributed by atoms with E-state index in [1.165, 1.54) is 0 Å². The van der Waals surface area contributed by atoms with Gasteiger partial charge in [-0.2, -0.15) is 27.7 Å². The maximum Gasteiger partial charge on any atom is 0.227 e. The molecule has 0 aliphatic heterocycles. The summed E-state index contributed by atoms with van der Waals surface area (Å²) in [6.07, 6.45) is 0.829. The van der Waals surface area contributed by atoms with Crippen LogP contribution in [0.1, 0.15) is 17.9 Å². The van der Waals surface area contributed by atoms with E-state index in [2.05, 4.69) is 15.5 Å². The molecule has 0 spiro atoms. The van der Waals surface area contributed by atoms with Gasteiger partial charge in [-0.1, -0.05) is 5.16 Å². The highest BCUT2D eigenvalue weighted by molar-refractivity contribution is 7.08. The third kappa shape index (κ3) is 3.61. The third-order valence-electron chi connectivity index (χ3n) is 3.23. The third-order valence-corrected chi connectivity index (χ3v) is 4.64. The minimum Gasteiger partial charge on any atom is -0.341 e. The average molecular weight is 333 g/mol. The van der Waals surface area contributed by atoms with Crippen molar-refractivity contribution in [3.05, 3.63) is 45.1 Å².